The summed E-state index contributed by atoms with van der Waals surface area (Å²) in [6.45, 7) is 2.32. The molecule has 1 aromatic carbocycles. The van der Waals surface area contributed by atoms with Crippen molar-refractivity contribution in [2.45, 2.75) is 25.3 Å². The third kappa shape index (κ3) is 1.45. The van der Waals surface area contributed by atoms with Crippen LogP contribution in [-0.4, -0.2) is 30.4 Å². The Hall–Kier alpha value is -1.84. The Labute approximate surface area is 106 Å². The first-order valence-electron chi connectivity index (χ1n) is 6.26. The van der Waals surface area contributed by atoms with Gasteiger partial charge in [0.25, 0.3) is 0 Å². The highest BCUT2D eigenvalue weighted by Gasteiger charge is 2.60. The first-order valence-corrected chi connectivity index (χ1v) is 6.26. The predicted octanol–water partition coefficient (Wildman–Crippen LogP) is 1.79. The Balaban J connectivity index is 1.93. The molecule has 4 heteroatoms. The Morgan fingerprint density at radius 3 is 2.78 bits per heavy atom. The lowest BCUT2D eigenvalue weighted by Gasteiger charge is -2.24. The van der Waals surface area contributed by atoms with Crippen LogP contribution in [0.2, 0.25) is 0 Å². The van der Waals surface area contributed by atoms with Crippen LogP contribution >= 0.6 is 0 Å². The van der Waals surface area contributed by atoms with E-state index in [2.05, 4.69) is 0 Å². The second-order valence-electron chi connectivity index (χ2n) is 4.77. The number of hydrogen-bond donors (Lipinski definition) is 0. The van der Waals surface area contributed by atoms with E-state index in [9.17, 15) is 9.59 Å². The lowest BCUT2D eigenvalue weighted by molar-refractivity contribution is -0.141. The van der Waals surface area contributed by atoms with Gasteiger partial charge in [-0.05, 0) is 31.9 Å². The number of carbonyl (C=O) groups excluding carboxylic acids is 2. The summed E-state index contributed by atoms with van der Waals surface area (Å²) in [7, 11) is 0. The molecule has 0 N–H and O–H groups in total. The molecule has 1 aromatic rings. The van der Waals surface area contributed by atoms with Gasteiger partial charge in [-0.1, -0.05) is 12.1 Å². The molecule has 1 fully saturated rings. The van der Waals surface area contributed by atoms with Crippen LogP contribution in [0, 0.1) is 0 Å². The van der Waals surface area contributed by atoms with Crippen LogP contribution in [0.5, 0.6) is 0 Å². The molecular weight excluding hydrogens is 230 g/mol. The fraction of sp³-hybridized carbons (Fsp3) is 0.429. The zero-order valence-corrected chi connectivity index (χ0v) is 10.3. The van der Waals surface area contributed by atoms with Gasteiger partial charge >= 0.3 is 5.97 Å². The molecule has 1 aliphatic heterocycles. The Morgan fingerprint density at radius 1 is 1.39 bits per heavy atom. The summed E-state index contributed by atoms with van der Waals surface area (Å²) in [6.07, 6.45) is 1.67. The zero-order chi connectivity index (χ0) is 12.8. The first-order chi connectivity index (χ1) is 8.69. The SMILES string of the molecule is CCOC(=O)CN1c2ccccc2C(=O)C12CC2. The van der Waals surface area contributed by atoms with Gasteiger partial charge in [-0.15, -0.1) is 0 Å². The molecule has 0 radical (unpaired) electrons. The van der Waals surface area contributed by atoms with Gasteiger partial charge in [0.2, 0.25) is 0 Å². The molecule has 1 saturated carbocycles. The number of Topliss-reactive ketones (excluding diaryl/α,β-unsaturated/α-hetero) is 1. The van der Waals surface area contributed by atoms with Gasteiger partial charge in [0, 0.05) is 11.3 Å². The molecule has 1 aliphatic carbocycles. The molecule has 1 heterocycles. The minimum absolute atomic E-state index is 0.155. The van der Waals surface area contributed by atoms with Gasteiger partial charge in [0.1, 0.15) is 12.1 Å². The van der Waals surface area contributed by atoms with E-state index in [4.69, 9.17) is 4.74 Å². The predicted molar refractivity (Wildman–Crippen MR) is 66.7 cm³/mol. The molecule has 0 aromatic heterocycles. The monoisotopic (exact) mass is 245 g/mol. The van der Waals surface area contributed by atoms with Crippen LogP contribution in [-0.2, 0) is 9.53 Å². The molecule has 4 nitrogen and oxygen atoms in total. The maximum atomic E-state index is 12.3. The van der Waals surface area contributed by atoms with Crippen LogP contribution in [0.1, 0.15) is 30.1 Å². The van der Waals surface area contributed by atoms with Gasteiger partial charge in [-0.2, -0.15) is 0 Å². The molecular formula is C14H15NO3. The van der Waals surface area contributed by atoms with Crippen LogP contribution < -0.4 is 4.90 Å². The van der Waals surface area contributed by atoms with Gasteiger partial charge in [0.05, 0.1) is 6.61 Å². The lowest BCUT2D eigenvalue weighted by Crippen LogP contribution is -2.41. The quantitative estimate of drug-likeness (QED) is 0.762. The van der Waals surface area contributed by atoms with Gasteiger partial charge < -0.3 is 9.64 Å². The molecule has 0 bridgehead atoms. The van der Waals surface area contributed by atoms with E-state index >= 15 is 0 Å². The van der Waals surface area contributed by atoms with Crippen LogP contribution in [0.25, 0.3) is 0 Å². The first kappa shape index (κ1) is 11.3. The number of nitrogens with zero attached hydrogens (tertiary/aromatic N) is 1. The van der Waals surface area contributed by atoms with Crippen molar-refractivity contribution in [1.29, 1.82) is 0 Å². The molecule has 94 valence electrons. The summed E-state index contributed by atoms with van der Waals surface area (Å²) in [6, 6.07) is 7.49. The molecule has 1 spiro atoms. The number of benzene rings is 1. The number of hydrogen-bond acceptors (Lipinski definition) is 4. The van der Waals surface area contributed by atoms with Crippen molar-refractivity contribution in [2.24, 2.45) is 0 Å². The van der Waals surface area contributed by atoms with Crippen LogP contribution in [0.15, 0.2) is 24.3 Å². The van der Waals surface area contributed by atoms with Crippen molar-refractivity contribution < 1.29 is 14.3 Å². The number of fused-ring (bicyclic) bond motifs is 1. The fourth-order valence-corrected chi connectivity index (χ4v) is 2.69. The second kappa shape index (κ2) is 3.83. The summed E-state index contributed by atoms with van der Waals surface area (Å²) in [4.78, 5) is 25.9. The number of ketones is 1. The number of carbonyl (C=O) groups is 2. The Bertz CT molecular complexity index is 520. The van der Waals surface area contributed by atoms with E-state index in [-0.39, 0.29) is 18.3 Å². The minimum atomic E-state index is -0.448. The summed E-state index contributed by atoms with van der Waals surface area (Å²) < 4.78 is 4.98. The largest absolute Gasteiger partial charge is 0.465 e. The van der Waals surface area contributed by atoms with E-state index in [0.717, 1.165) is 24.1 Å². The van der Waals surface area contributed by atoms with Crippen molar-refractivity contribution in [3.05, 3.63) is 29.8 Å². The number of para-hydroxylation sites is 1. The van der Waals surface area contributed by atoms with Crippen molar-refractivity contribution in [3.63, 3.8) is 0 Å². The zero-order valence-electron chi connectivity index (χ0n) is 10.3. The van der Waals surface area contributed by atoms with E-state index in [1.54, 1.807) is 6.92 Å². The van der Waals surface area contributed by atoms with Crippen molar-refractivity contribution >= 4 is 17.4 Å². The standard InChI is InChI=1S/C14H15NO3/c1-2-18-12(16)9-15-11-6-4-3-5-10(11)13(17)14(15)7-8-14/h3-6H,2,7-9H2,1H3. The maximum Gasteiger partial charge on any atom is 0.325 e. The maximum absolute atomic E-state index is 12.3. The average molecular weight is 245 g/mol. The van der Waals surface area contributed by atoms with Crippen LogP contribution in [0.4, 0.5) is 5.69 Å². The van der Waals surface area contributed by atoms with Crippen molar-refractivity contribution in [1.82, 2.24) is 0 Å². The highest BCUT2D eigenvalue weighted by Crippen LogP contribution is 2.52. The highest BCUT2D eigenvalue weighted by atomic mass is 16.5. The molecule has 0 saturated heterocycles. The third-order valence-electron chi connectivity index (χ3n) is 3.69. The van der Waals surface area contributed by atoms with E-state index in [1.165, 1.54) is 0 Å². The summed E-state index contributed by atoms with van der Waals surface area (Å²) in [5, 5.41) is 0. The normalized spacial score (nSPS) is 18.9. The van der Waals surface area contributed by atoms with Gasteiger partial charge in [-0.3, -0.25) is 9.59 Å². The number of rotatable bonds is 3. The Morgan fingerprint density at radius 2 is 2.11 bits per heavy atom. The smallest absolute Gasteiger partial charge is 0.325 e. The third-order valence-corrected chi connectivity index (χ3v) is 3.69. The second-order valence-corrected chi connectivity index (χ2v) is 4.77. The Kier molecular flexibility index (Phi) is 2.40. The van der Waals surface area contributed by atoms with Crippen molar-refractivity contribution in [3.8, 4) is 0 Å². The molecule has 2 aliphatic rings. The van der Waals surface area contributed by atoms with Gasteiger partial charge in [-0.25, -0.2) is 0 Å². The molecule has 0 amide bonds. The number of ether oxygens (including phenoxy) is 1. The minimum Gasteiger partial charge on any atom is -0.465 e. The van der Waals surface area contributed by atoms with Crippen molar-refractivity contribution in [2.75, 3.05) is 18.1 Å². The number of anilines is 1. The topological polar surface area (TPSA) is 46.6 Å². The average Bonchev–Trinajstić information content (AvgIpc) is 3.13. The summed E-state index contributed by atoms with van der Waals surface area (Å²) in [5.74, 6) is -0.115. The van der Waals surface area contributed by atoms with E-state index < -0.39 is 5.54 Å². The summed E-state index contributed by atoms with van der Waals surface area (Å²) in [5.41, 5.74) is 1.16. The molecule has 0 atom stereocenters. The van der Waals surface area contributed by atoms with E-state index in [0.29, 0.717) is 6.61 Å². The fourth-order valence-electron chi connectivity index (χ4n) is 2.69. The number of esters is 1. The molecule has 0 unspecified atom stereocenters. The summed E-state index contributed by atoms with van der Waals surface area (Å²) >= 11 is 0. The van der Waals surface area contributed by atoms with E-state index in [1.807, 2.05) is 29.2 Å². The lowest BCUT2D eigenvalue weighted by atomic mass is 10.1. The molecule has 18 heavy (non-hydrogen) atoms. The van der Waals surface area contributed by atoms with Gasteiger partial charge in [0.15, 0.2) is 5.78 Å². The van der Waals surface area contributed by atoms with Crippen LogP contribution in [0.3, 0.4) is 0 Å². The molecule has 3 rings (SSSR count). The highest BCUT2D eigenvalue weighted by molar-refractivity contribution is 6.16.